The number of alkyl halides is 2. The van der Waals surface area contributed by atoms with Crippen LogP contribution in [0.3, 0.4) is 0 Å². The maximum absolute atomic E-state index is 14.2. The van der Waals surface area contributed by atoms with Crippen LogP contribution in [-0.4, -0.2) is 12.7 Å². The molecule has 0 aliphatic rings. The molecule has 0 spiro atoms. The standard InChI is InChI=1S/C13H18F3NO/c1-8(17)9-6-5-7-10(11(9)14)13(15,16)12(2,3)18-4/h5-8H,17H2,1-4H3/t8-/m1/s1. The average molecular weight is 261 g/mol. The van der Waals surface area contributed by atoms with Crippen LogP contribution in [0.15, 0.2) is 18.2 Å². The molecule has 0 aliphatic carbocycles. The second kappa shape index (κ2) is 4.90. The molecule has 1 rings (SSSR count). The van der Waals surface area contributed by atoms with Crippen LogP contribution >= 0.6 is 0 Å². The van der Waals surface area contributed by atoms with Gasteiger partial charge >= 0.3 is 5.92 Å². The Morgan fingerprint density at radius 1 is 1.28 bits per heavy atom. The van der Waals surface area contributed by atoms with Crippen molar-refractivity contribution in [2.75, 3.05) is 7.11 Å². The number of benzene rings is 1. The maximum Gasteiger partial charge on any atom is 0.303 e. The van der Waals surface area contributed by atoms with Gasteiger partial charge in [-0.3, -0.25) is 0 Å². The molecular weight excluding hydrogens is 243 g/mol. The molecule has 0 saturated heterocycles. The van der Waals surface area contributed by atoms with E-state index in [-0.39, 0.29) is 5.56 Å². The summed E-state index contributed by atoms with van der Waals surface area (Å²) in [5, 5.41) is 0. The number of rotatable bonds is 4. The van der Waals surface area contributed by atoms with E-state index in [0.29, 0.717) is 0 Å². The molecule has 0 bridgehead atoms. The van der Waals surface area contributed by atoms with Gasteiger partial charge in [0.25, 0.3) is 0 Å². The van der Waals surface area contributed by atoms with Gasteiger partial charge in [0, 0.05) is 18.7 Å². The van der Waals surface area contributed by atoms with Gasteiger partial charge in [0.2, 0.25) is 0 Å². The van der Waals surface area contributed by atoms with Crippen molar-refractivity contribution in [3.63, 3.8) is 0 Å². The van der Waals surface area contributed by atoms with Crippen LogP contribution < -0.4 is 5.73 Å². The summed E-state index contributed by atoms with van der Waals surface area (Å²) in [6.45, 7) is 3.97. The van der Waals surface area contributed by atoms with E-state index in [0.717, 1.165) is 6.07 Å². The molecule has 2 N–H and O–H groups in total. The third-order valence-corrected chi connectivity index (χ3v) is 3.12. The normalized spacial score (nSPS) is 14.7. The molecule has 0 fully saturated rings. The third-order valence-electron chi connectivity index (χ3n) is 3.12. The Kier molecular flexibility index (Phi) is 4.08. The molecular formula is C13H18F3NO. The smallest absolute Gasteiger partial charge is 0.303 e. The van der Waals surface area contributed by atoms with Crippen LogP contribution in [0.2, 0.25) is 0 Å². The summed E-state index contributed by atoms with van der Waals surface area (Å²) in [7, 11) is 1.17. The first-order valence-corrected chi connectivity index (χ1v) is 5.62. The van der Waals surface area contributed by atoms with Gasteiger partial charge in [-0.25, -0.2) is 4.39 Å². The lowest BCUT2D eigenvalue weighted by molar-refractivity contribution is -0.186. The maximum atomic E-state index is 14.2. The van der Waals surface area contributed by atoms with Crippen LogP contribution in [-0.2, 0) is 10.7 Å². The van der Waals surface area contributed by atoms with Gasteiger partial charge in [0.15, 0.2) is 0 Å². The molecule has 2 nitrogen and oxygen atoms in total. The molecule has 0 heterocycles. The van der Waals surface area contributed by atoms with Gasteiger partial charge < -0.3 is 10.5 Å². The van der Waals surface area contributed by atoms with Crippen molar-refractivity contribution in [1.29, 1.82) is 0 Å². The van der Waals surface area contributed by atoms with Crippen LogP contribution in [0, 0.1) is 5.82 Å². The number of methoxy groups -OCH3 is 1. The third kappa shape index (κ3) is 2.37. The van der Waals surface area contributed by atoms with Gasteiger partial charge in [0.1, 0.15) is 11.4 Å². The largest absolute Gasteiger partial charge is 0.372 e. The number of hydrogen-bond acceptors (Lipinski definition) is 2. The zero-order valence-electron chi connectivity index (χ0n) is 10.9. The first kappa shape index (κ1) is 15.0. The molecule has 0 aliphatic heterocycles. The number of halogens is 3. The monoisotopic (exact) mass is 261 g/mol. The highest BCUT2D eigenvalue weighted by atomic mass is 19.3. The van der Waals surface area contributed by atoms with Crippen molar-refractivity contribution in [1.82, 2.24) is 0 Å². The lowest BCUT2D eigenvalue weighted by Crippen LogP contribution is -2.43. The van der Waals surface area contributed by atoms with Crippen molar-refractivity contribution >= 4 is 0 Å². The van der Waals surface area contributed by atoms with E-state index < -0.39 is 28.9 Å². The second-order valence-corrected chi connectivity index (χ2v) is 4.79. The van der Waals surface area contributed by atoms with Crippen molar-refractivity contribution in [3.8, 4) is 0 Å². The number of ether oxygens (including phenoxy) is 1. The molecule has 0 saturated carbocycles. The Bertz CT molecular complexity index is 430. The minimum atomic E-state index is -3.45. The molecule has 102 valence electrons. The number of hydrogen-bond donors (Lipinski definition) is 1. The molecule has 5 heteroatoms. The van der Waals surface area contributed by atoms with Crippen molar-refractivity contribution in [2.24, 2.45) is 5.73 Å². The predicted molar refractivity (Wildman–Crippen MR) is 64.0 cm³/mol. The second-order valence-electron chi connectivity index (χ2n) is 4.79. The van der Waals surface area contributed by atoms with Crippen molar-refractivity contribution < 1.29 is 17.9 Å². The van der Waals surface area contributed by atoms with Gasteiger partial charge in [0.05, 0.1) is 5.56 Å². The molecule has 0 aromatic heterocycles. The van der Waals surface area contributed by atoms with Gasteiger partial charge in [-0.1, -0.05) is 12.1 Å². The Balaban J connectivity index is 3.38. The minimum absolute atomic E-state index is 0.0686. The van der Waals surface area contributed by atoms with E-state index >= 15 is 0 Å². The highest BCUT2D eigenvalue weighted by molar-refractivity contribution is 5.32. The van der Waals surface area contributed by atoms with E-state index in [9.17, 15) is 13.2 Å². The SMILES string of the molecule is COC(C)(C)C(F)(F)c1cccc([C@@H](C)N)c1F. The minimum Gasteiger partial charge on any atom is -0.372 e. The molecule has 1 atom stereocenters. The Hall–Kier alpha value is -1.07. The molecule has 18 heavy (non-hydrogen) atoms. The van der Waals surface area contributed by atoms with Crippen LogP contribution in [0.5, 0.6) is 0 Å². The van der Waals surface area contributed by atoms with Crippen LogP contribution in [0.1, 0.15) is 37.9 Å². The summed E-state index contributed by atoms with van der Waals surface area (Å²) in [6, 6.07) is 3.18. The van der Waals surface area contributed by atoms with Crippen molar-refractivity contribution in [2.45, 2.75) is 38.3 Å². The molecule has 0 amide bonds. The molecule has 0 radical (unpaired) electrons. The molecule has 1 aromatic rings. The quantitative estimate of drug-likeness (QED) is 0.902. The van der Waals surface area contributed by atoms with Crippen molar-refractivity contribution in [3.05, 3.63) is 35.1 Å². The lowest BCUT2D eigenvalue weighted by atomic mass is 9.90. The first-order valence-electron chi connectivity index (χ1n) is 5.62. The Morgan fingerprint density at radius 3 is 2.28 bits per heavy atom. The fraction of sp³-hybridized carbons (Fsp3) is 0.538. The van der Waals surface area contributed by atoms with E-state index in [4.69, 9.17) is 10.5 Å². The van der Waals surface area contributed by atoms with Crippen LogP contribution in [0.25, 0.3) is 0 Å². The number of nitrogens with two attached hydrogens (primary N) is 1. The fourth-order valence-corrected chi connectivity index (χ4v) is 1.60. The summed E-state index contributed by atoms with van der Waals surface area (Å²) in [4.78, 5) is 0. The first-order chi connectivity index (χ1) is 8.15. The summed E-state index contributed by atoms with van der Waals surface area (Å²) >= 11 is 0. The van der Waals surface area contributed by atoms with E-state index in [2.05, 4.69) is 0 Å². The topological polar surface area (TPSA) is 35.2 Å². The lowest BCUT2D eigenvalue weighted by Gasteiger charge is -2.33. The summed E-state index contributed by atoms with van der Waals surface area (Å²) in [5.41, 5.74) is 3.13. The van der Waals surface area contributed by atoms with E-state index in [1.807, 2.05) is 0 Å². The summed E-state index contributed by atoms with van der Waals surface area (Å²) in [5.74, 6) is -4.42. The molecule has 1 aromatic carbocycles. The van der Waals surface area contributed by atoms with Gasteiger partial charge in [-0.2, -0.15) is 8.78 Å². The summed E-state index contributed by atoms with van der Waals surface area (Å²) < 4.78 is 47.3. The van der Waals surface area contributed by atoms with Gasteiger partial charge in [-0.05, 0) is 26.8 Å². The highest BCUT2D eigenvalue weighted by Crippen LogP contribution is 2.42. The fourth-order valence-electron chi connectivity index (χ4n) is 1.60. The summed E-state index contributed by atoms with van der Waals surface area (Å²) in [6.07, 6.45) is 0. The van der Waals surface area contributed by atoms with Crippen LogP contribution in [0.4, 0.5) is 13.2 Å². The molecule has 0 unspecified atom stereocenters. The Morgan fingerprint density at radius 2 is 1.83 bits per heavy atom. The zero-order valence-corrected chi connectivity index (χ0v) is 10.9. The van der Waals surface area contributed by atoms with E-state index in [1.54, 1.807) is 6.92 Å². The average Bonchev–Trinajstić information content (AvgIpc) is 2.28. The predicted octanol–water partition coefficient (Wildman–Crippen LogP) is 3.36. The van der Waals surface area contributed by atoms with E-state index in [1.165, 1.54) is 33.1 Å². The highest BCUT2D eigenvalue weighted by Gasteiger charge is 2.50. The van der Waals surface area contributed by atoms with Gasteiger partial charge in [-0.15, -0.1) is 0 Å². The zero-order chi connectivity index (χ0) is 14.1. The Labute approximate surface area is 105 Å².